The van der Waals surface area contributed by atoms with Crippen LogP contribution in [0.15, 0.2) is 12.2 Å². The van der Waals surface area contributed by atoms with Gasteiger partial charge in [-0.25, -0.2) is 0 Å². The minimum absolute atomic E-state index is 0.0206. The first kappa shape index (κ1) is 12.1. The monoisotopic (exact) mass is 240 g/mol. The van der Waals surface area contributed by atoms with Crippen molar-refractivity contribution >= 4 is 11.9 Å². The van der Waals surface area contributed by atoms with Gasteiger partial charge < -0.3 is 14.9 Å². The maximum Gasteiger partial charge on any atom is 0.307 e. The lowest BCUT2D eigenvalue weighted by atomic mass is 9.81. The van der Waals surface area contributed by atoms with Gasteiger partial charge in [-0.1, -0.05) is 12.2 Å². The van der Waals surface area contributed by atoms with Crippen LogP contribution < -0.4 is 0 Å². The number of aliphatic carboxylic acids is 1. The van der Waals surface area contributed by atoms with Gasteiger partial charge in [0.05, 0.1) is 12.5 Å². The molecule has 5 heteroatoms. The highest BCUT2D eigenvalue weighted by Crippen LogP contribution is 2.49. The molecule has 0 saturated heterocycles. The highest BCUT2D eigenvalue weighted by molar-refractivity contribution is 5.75. The summed E-state index contributed by atoms with van der Waals surface area (Å²) in [6, 6.07) is 0. The first-order chi connectivity index (χ1) is 8.13. The molecule has 17 heavy (non-hydrogen) atoms. The van der Waals surface area contributed by atoms with Gasteiger partial charge in [0.2, 0.25) is 0 Å². The summed E-state index contributed by atoms with van der Waals surface area (Å²) in [7, 11) is 0. The molecule has 2 N–H and O–H groups in total. The van der Waals surface area contributed by atoms with Gasteiger partial charge in [-0.3, -0.25) is 9.59 Å². The van der Waals surface area contributed by atoms with Crippen molar-refractivity contribution in [2.45, 2.75) is 12.8 Å². The number of hydrogen-bond donors (Lipinski definition) is 2. The predicted molar refractivity (Wildman–Crippen MR) is 58.0 cm³/mol. The number of hydrogen-bond acceptors (Lipinski definition) is 4. The molecule has 2 bridgehead atoms. The summed E-state index contributed by atoms with van der Waals surface area (Å²) >= 11 is 0. The Morgan fingerprint density at radius 1 is 1.29 bits per heavy atom. The molecule has 4 atom stereocenters. The minimum atomic E-state index is -0.832. The molecule has 2 aliphatic rings. The first-order valence-corrected chi connectivity index (χ1v) is 5.81. The number of aliphatic hydroxyl groups excluding tert-OH is 1. The number of aliphatic hydroxyl groups is 1. The highest BCUT2D eigenvalue weighted by atomic mass is 16.5. The zero-order valence-corrected chi connectivity index (χ0v) is 9.41. The van der Waals surface area contributed by atoms with Crippen LogP contribution in [0.5, 0.6) is 0 Å². The molecule has 0 spiro atoms. The number of esters is 1. The molecule has 0 radical (unpaired) electrons. The van der Waals surface area contributed by atoms with Gasteiger partial charge in [-0.15, -0.1) is 0 Å². The van der Waals surface area contributed by atoms with Crippen LogP contribution in [-0.4, -0.2) is 35.4 Å². The zero-order chi connectivity index (χ0) is 12.4. The molecule has 0 aromatic carbocycles. The number of carbonyl (C=O) groups is 2. The maximum atomic E-state index is 11.5. The summed E-state index contributed by atoms with van der Waals surface area (Å²) in [5.41, 5.74) is 0. The fourth-order valence-corrected chi connectivity index (χ4v) is 2.98. The average Bonchev–Trinajstić information content (AvgIpc) is 2.86. The SMILES string of the molecule is O=C(CC1C2C=CC(C2)C1C(=O)O)OCCO. The van der Waals surface area contributed by atoms with E-state index in [-0.39, 0.29) is 37.4 Å². The van der Waals surface area contributed by atoms with Crippen LogP contribution in [0, 0.1) is 23.7 Å². The Balaban J connectivity index is 1.97. The molecule has 1 fully saturated rings. The van der Waals surface area contributed by atoms with Crippen molar-refractivity contribution in [3.05, 3.63) is 12.2 Å². The van der Waals surface area contributed by atoms with Gasteiger partial charge >= 0.3 is 11.9 Å². The molecule has 0 amide bonds. The Morgan fingerprint density at radius 3 is 2.65 bits per heavy atom. The topological polar surface area (TPSA) is 83.8 Å². The summed E-state index contributed by atoms with van der Waals surface area (Å²) in [5.74, 6) is -1.63. The molecular weight excluding hydrogens is 224 g/mol. The van der Waals surface area contributed by atoms with Gasteiger partial charge in [0, 0.05) is 6.42 Å². The van der Waals surface area contributed by atoms with Crippen molar-refractivity contribution in [2.75, 3.05) is 13.2 Å². The highest BCUT2D eigenvalue weighted by Gasteiger charge is 2.48. The third-order valence-electron chi connectivity index (χ3n) is 3.66. The molecule has 2 aliphatic carbocycles. The first-order valence-electron chi connectivity index (χ1n) is 5.81. The van der Waals surface area contributed by atoms with E-state index < -0.39 is 17.9 Å². The van der Waals surface area contributed by atoms with Crippen molar-refractivity contribution in [1.29, 1.82) is 0 Å². The normalized spacial score (nSPS) is 33.9. The van der Waals surface area contributed by atoms with Crippen LogP contribution >= 0.6 is 0 Å². The maximum absolute atomic E-state index is 11.5. The van der Waals surface area contributed by atoms with E-state index >= 15 is 0 Å². The van der Waals surface area contributed by atoms with Crippen molar-refractivity contribution in [3.63, 3.8) is 0 Å². The average molecular weight is 240 g/mol. The molecule has 0 aliphatic heterocycles. The van der Waals surface area contributed by atoms with E-state index in [0.29, 0.717) is 0 Å². The van der Waals surface area contributed by atoms with E-state index in [1.807, 2.05) is 12.2 Å². The smallest absolute Gasteiger partial charge is 0.307 e. The third kappa shape index (κ3) is 2.34. The van der Waals surface area contributed by atoms with E-state index in [1.54, 1.807) is 0 Å². The number of fused-ring (bicyclic) bond motifs is 2. The second-order valence-electron chi connectivity index (χ2n) is 4.62. The van der Waals surface area contributed by atoms with Gasteiger partial charge in [0.25, 0.3) is 0 Å². The summed E-state index contributed by atoms with van der Waals surface area (Å²) in [4.78, 5) is 22.6. The fourth-order valence-electron chi connectivity index (χ4n) is 2.98. The summed E-state index contributed by atoms with van der Waals surface area (Å²) in [6.45, 7) is -0.224. The second kappa shape index (κ2) is 4.87. The fraction of sp³-hybridized carbons (Fsp3) is 0.667. The van der Waals surface area contributed by atoms with E-state index in [2.05, 4.69) is 0 Å². The van der Waals surface area contributed by atoms with Crippen molar-refractivity contribution in [1.82, 2.24) is 0 Å². The van der Waals surface area contributed by atoms with Crippen LogP contribution in [0.25, 0.3) is 0 Å². The molecule has 5 nitrogen and oxygen atoms in total. The molecule has 0 aromatic rings. The number of carbonyl (C=O) groups excluding carboxylic acids is 1. The van der Waals surface area contributed by atoms with Gasteiger partial charge in [0.15, 0.2) is 0 Å². The zero-order valence-electron chi connectivity index (χ0n) is 9.41. The van der Waals surface area contributed by atoms with Crippen LogP contribution in [-0.2, 0) is 14.3 Å². The molecule has 0 aromatic heterocycles. The van der Waals surface area contributed by atoms with Crippen molar-refractivity contribution < 1.29 is 24.5 Å². The van der Waals surface area contributed by atoms with Gasteiger partial charge in [-0.2, -0.15) is 0 Å². The van der Waals surface area contributed by atoms with E-state index in [4.69, 9.17) is 14.9 Å². The number of carboxylic acids is 1. The molecule has 1 saturated carbocycles. The Bertz CT molecular complexity index is 349. The Morgan fingerprint density at radius 2 is 2.00 bits per heavy atom. The van der Waals surface area contributed by atoms with Crippen molar-refractivity contribution in [3.8, 4) is 0 Å². The largest absolute Gasteiger partial charge is 0.481 e. The Labute approximate surface area is 99.1 Å². The lowest BCUT2D eigenvalue weighted by molar-refractivity contribution is -0.149. The number of ether oxygens (including phenoxy) is 1. The van der Waals surface area contributed by atoms with E-state index in [9.17, 15) is 9.59 Å². The number of allylic oxidation sites excluding steroid dienone is 2. The number of rotatable bonds is 5. The molecule has 0 heterocycles. The lowest BCUT2D eigenvalue weighted by Gasteiger charge is -2.23. The van der Waals surface area contributed by atoms with Crippen molar-refractivity contribution in [2.24, 2.45) is 23.7 Å². The third-order valence-corrected chi connectivity index (χ3v) is 3.66. The molecular formula is C12H16O5. The molecule has 94 valence electrons. The second-order valence-corrected chi connectivity index (χ2v) is 4.62. The van der Waals surface area contributed by atoms with E-state index in [0.717, 1.165) is 6.42 Å². The molecule has 2 rings (SSSR count). The van der Waals surface area contributed by atoms with Gasteiger partial charge in [0.1, 0.15) is 6.61 Å². The predicted octanol–water partition coefficient (Wildman–Crippen LogP) is 0.435. The molecule has 4 unspecified atom stereocenters. The standard InChI is InChI=1S/C12H16O5/c13-3-4-17-10(14)6-9-7-1-2-8(5-7)11(9)12(15)16/h1-2,7-9,11,13H,3-6H2,(H,15,16). The summed E-state index contributed by atoms with van der Waals surface area (Å²) < 4.78 is 4.78. The van der Waals surface area contributed by atoms with Crippen LogP contribution in [0.2, 0.25) is 0 Å². The Hall–Kier alpha value is -1.36. The minimum Gasteiger partial charge on any atom is -0.481 e. The van der Waals surface area contributed by atoms with Crippen LogP contribution in [0.1, 0.15) is 12.8 Å². The summed E-state index contributed by atoms with van der Waals surface area (Å²) in [5, 5.41) is 17.7. The van der Waals surface area contributed by atoms with E-state index in [1.165, 1.54) is 0 Å². The number of carboxylic acid groups (broad SMARTS) is 1. The quantitative estimate of drug-likeness (QED) is 0.538. The lowest BCUT2D eigenvalue weighted by Crippen LogP contribution is -2.29. The summed E-state index contributed by atoms with van der Waals surface area (Å²) in [6.07, 6.45) is 4.91. The Kier molecular flexibility index (Phi) is 3.47. The van der Waals surface area contributed by atoms with Gasteiger partial charge in [-0.05, 0) is 24.2 Å². The van der Waals surface area contributed by atoms with Crippen LogP contribution in [0.4, 0.5) is 0 Å². The van der Waals surface area contributed by atoms with Crippen LogP contribution in [0.3, 0.4) is 0 Å².